The second-order valence-electron chi connectivity index (χ2n) is 2.98. The van der Waals surface area contributed by atoms with Crippen LogP contribution in [0.1, 0.15) is 33.6 Å². The quantitative estimate of drug-likeness (QED) is 0.459. The second-order valence-corrected chi connectivity index (χ2v) is 2.98. The van der Waals surface area contributed by atoms with E-state index in [1.165, 1.54) is 0 Å². The van der Waals surface area contributed by atoms with Gasteiger partial charge >= 0.3 is 5.97 Å². The van der Waals surface area contributed by atoms with Gasteiger partial charge in [-0.15, -0.1) is 0 Å². The van der Waals surface area contributed by atoms with Crippen LogP contribution in [-0.4, -0.2) is 37.5 Å². The maximum Gasteiger partial charge on any atom is 0.305 e. The van der Waals surface area contributed by atoms with Gasteiger partial charge in [0, 0.05) is 19.8 Å². The molecule has 0 amide bonds. The summed E-state index contributed by atoms with van der Waals surface area (Å²) in [6.45, 7) is 7.17. The Balaban J connectivity index is 3.71. The van der Waals surface area contributed by atoms with Gasteiger partial charge in [0.1, 0.15) is 6.61 Å². The first-order chi connectivity index (χ1) is 6.68. The van der Waals surface area contributed by atoms with Crippen LogP contribution in [-0.2, 0) is 14.2 Å². The highest BCUT2D eigenvalue weighted by molar-refractivity contribution is 4.51. The molecule has 0 aromatic heterocycles. The first-order valence-electron chi connectivity index (χ1n) is 5.26. The highest BCUT2D eigenvalue weighted by Gasteiger charge is 2.28. The van der Waals surface area contributed by atoms with E-state index in [0.29, 0.717) is 19.8 Å². The third kappa shape index (κ3) is 6.32. The lowest BCUT2D eigenvalue weighted by Crippen LogP contribution is -2.41. The molecule has 0 radical (unpaired) electrons. The number of rotatable bonds is 9. The molecule has 0 bridgehead atoms. The number of hydrogen-bond acceptors (Lipinski definition) is 4. The van der Waals surface area contributed by atoms with Crippen LogP contribution >= 0.6 is 0 Å². The van der Waals surface area contributed by atoms with Crippen LogP contribution in [0.2, 0.25) is 0 Å². The van der Waals surface area contributed by atoms with Gasteiger partial charge in [0.15, 0.2) is 0 Å². The highest BCUT2D eigenvalue weighted by Crippen LogP contribution is 2.10. The van der Waals surface area contributed by atoms with Crippen molar-refractivity contribution >= 4 is 0 Å². The number of hydrogen-bond donors (Lipinski definition) is 1. The summed E-state index contributed by atoms with van der Waals surface area (Å²) in [5.41, 5.74) is 0. The summed E-state index contributed by atoms with van der Waals surface area (Å²) in [6.07, 6.45) is 2.05. The van der Waals surface area contributed by atoms with Crippen LogP contribution < -0.4 is 0 Å². The standard InChI is InChI=1S/C10H22O4/c1-4-7-8-12-9-10(11,13-5-2)14-6-3/h11H,4-9H2,1-3H3. The van der Waals surface area contributed by atoms with Gasteiger partial charge in [-0.1, -0.05) is 13.3 Å². The van der Waals surface area contributed by atoms with Crippen molar-refractivity contribution in [1.82, 2.24) is 0 Å². The van der Waals surface area contributed by atoms with Gasteiger partial charge in [0.05, 0.1) is 0 Å². The molecule has 4 heteroatoms. The minimum absolute atomic E-state index is 0.0642. The number of aliphatic hydroxyl groups is 1. The van der Waals surface area contributed by atoms with Crippen molar-refractivity contribution in [1.29, 1.82) is 0 Å². The predicted octanol–water partition coefficient (Wildman–Crippen LogP) is 1.52. The lowest BCUT2D eigenvalue weighted by Gasteiger charge is -2.26. The van der Waals surface area contributed by atoms with E-state index in [-0.39, 0.29) is 6.61 Å². The predicted molar refractivity (Wildman–Crippen MR) is 53.9 cm³/mol. The highest BCUT2D eigenvalue weighted by atomic mass is 16.8. The molecule has 0 spiro atoms. The molecule has 0 heterocycles. The molecule has 0 atom stereocenters. The Hall–Kier alpha value is -0.160. The largest absolute Gasteiger partial charge is 0.373 e. The van der Waals surface area contributed by atoms with Gasteiger partial charge in [0.25, 0.3) is 0 Å². The normalized spacial score (nSPS) is 12.0. The van der Waals surface area contributed by atoms with Crippen molar-refractivity contribution < 1.29 is 19.3 Å². The second kappa shape index (κ2) is 8.17. The van der Waals surface area contributed by atoms with Crippen LogP contribution in [0.5, 0.6) is 0 Å². The van der Waals surface area contributed by atoms with Gasteiger partial charge in [-0.2, -0.15) is 0 Å². The summed E-state index contributed by atoms with van der Waals surface area (Å²) in [6, 6.07) is 0. The van der Waals surface area contributed by atoms with Crippen LogP contribution in [0, 0.1) is 0 Å². The smallest absolute Gasteiger partial charge is 0.305 e. The molecule has 0 aromatic carbocycles. The molecule has 0 rings (SSSR count). The molecule has 0 saturated heterocycles. The first-order valence-corrected chi connectivity index (χ1v) is 5.26. The Morgan fingerprint density at radius 3 is 2.07 bits per heavy atom. The van der Waals surface area contributed by atoms with E-state index in [0.717, 1.165) is 12.8 Å². The van der Waals surface area contributed by atoms with Gasteiger partial charge in [-0.25, -0.2) is 0 Å². The molecule has 4 nitrogen and oxygen atoms in total. The first kappa shape index (κ1) is 13.8. The lowest BCUT2D eigenvalue weighted by atomic mass is 10.4. The lowest BCUT2D eigenvalue weighted by molar-refractivity contribution is -0.373. The Labute approximate surface area is 86.2 Å². The average molecular weight is 206 g/mol. The van der Waals surface area contributed by atoms with Crippen LogP contribution in [0.4, 0.5) is 0 Å². The van der Waals surface area contributed by atoms with E-state index >= 15 is 0 Å². The SMILES string of the molecule is CCCCOCC(O)(OCC)OCC. The molecule has 0 aliphatic rings. The van der Waals surface area contributed by atoms with Gasteiger partial charge in [0.2, 0.25) is 0 Å². The van der Waals surface area contributed by atoms with Crippen molar-refractivity contribution in [2.24, 2.45) is 0 Å². The zero-order chi connectivity index (χ0) is 10.9. The molecule has 0 aliphatic heterocycles. The van der Waals surface area contributed by atoms with Crippen molar-refractivity contribution in [3.05, 3.63) is 0 Å². The maximum atomic E-state index is 9.74. The summed E-state index contributed by atoms with van der Waals surface area (Å²) in [5.74, 6) is -1.57. The number of ether oxygens (including phenoxy) is 3. The van der Waals surface area contributed by atoms with Crippen LogP contribution in [0.3, 0.4) is 0 Å². The Morgan fingerprint density at radius 1 is 1.07 bits per heavy atom. The van der Waals surface area contributed by atoms with E-state index in [2.05, 4.69) is 6.92 Å². The molecule has 0 aliphatic carbocycles. The van der Waals surface area contributed by atoms with Crippen LogP contribution in [0.15, 0.2) is 0 Å². The summed E-state index contributed by atoms with van der Waals surface area (Å²) in [4.78, 5) is 0. The third-order valence-corrected chi connectivity index (χ3v) is 1.67. The van der Waals surface area contributed by atoms with E-state index < -0.39 is 5.97 Å². The minimum Gasteiger partial charge on any atom is -0.373 e. The molecule has 86 valence electrons. The van der Waals surface area contributed by atoms with Crippen molar-refractivity contribution in [2.75, 3.05) is 26.4 Å². The molecule has 0 saturated carbocycles. The maximum absolute atomic E-state index is 9.74. The summed E-state index contributed by atoms with van der Waals surface area (Å²) in [5, 5.41) is 9.74. The minimum atomic E-state index is -1.57. The third-order valence-electron chi connectivity index (χ3n) is 1.67. The molecule has 0 unspecified atom stereocenters. The van der Waals surface area contributed by atoms with E-state index in [9.17, 15) is 5.11 Å². The van der Waals surface area contributed by atoms with Gasteiger partial charge in [-0.3, -0.25) is 0 Å². The fourth-order valence-electron chi connectivity index (χ4n) is 1.02. The zero-order valence-electron chi connectivity index (χ0n) is 9.41. The fourth-order valence-corrected chi connectivity index (χ4v) is 1.02. The average Bonchev–Trinajstić information content (AvgIpc) is 2.13. The molecular formula is C10H22O4. The molecule has 14 heavy (non-hydrogen) atoms. The summed E-state index contributed by atoms with van der Waals surface area (Å²) >= 11 is 0. The molecule has 1 N–H and O–H groups in total. The topological polar surface area (TPSA) is 47.9 Å². The zero-order valence-corrected chi connectivity index (χ0v) is 9.41. The van der Waals surface area contributed by atoms with Gasteiger partial charge in [-0.05, 0) is 20.3 Å². The number of unbranched alkanes of at least 4 members (excludes halogenated alkanes) is 1. The Morgan fingerprint density at radius 2 is 1.64 bits per heavy atom. The molecule has 0 fully saturated rings. The molecule has 0 aromatic rings. The monoisotopic (exact) mass is 206 g/mol. The molecular weight excluding hydrogens is 184 g/mol. The summed E-state index contributed by atoms with van der Waals surface area (Å²) < 4.78 is 15.4. The van der Waals surface area contributed by atoms with Gasteiger partial charge < -0.3 is 19.3 Å². The van der Waals surface area contributed by atoms with Crippen LogP contribution in [0.25, 0.3) is 0 Å². The van der Waals surface area contributed by atoms with Crippen molar-refractivity contribution in [2.45, 2.75) is 39.6 Å². The fraction of sp³-hybridized carbons (Fsp3) is 1.00. The van der Waals surface area contributed by atoms with E-state index in [1.807, 2.05) is 0 Å². The van der Waals surface area contributed by atoms with Crippen molar-refractivity contribution in [3.8, 4) is 0 Å². The van der Waals surface area contributed by atoms with E-state index in [4.69, 9.17) is 14.2 Å². The Bertz CT molecular complexity index is 121. The summed E-state index contributed by atoms with van der Waals surface area (Å²) in [7, 11) is 0. The Kier molecular flexibility index (Phi) is 8.08. The van der Waals surface area contributed by atoms with Crippen molar-refractivity contribution in [3.63, 3.8) is 0 Å². The van der Waals surface area contributed by atoms with E-state index in [1.54, 1.807) is 13.8 Å².